The van der Waals surface area contributed by atoms with Crippen LogP contribution in [0.5, 0.6) is 0 Å². The highest BCUT2D eigenvalue weighted by molar-refractivity contribution is 7.99. The van der Waals surface area contributed by atoms with Gasteiger partial charge in [0.2, 0.25) is 0 Å². The van der Waals surface area contributed by atoms with Gasteiger partial charge in [-0.05, 0) is 24.5 Å². The van der Waals surface area contributed by atoms with Gasteiger partial charge < -0.3 is 15.5 Å². The highest BCUT2D eigenvalue weighted by atomic mass is 32.2. The molecule has 0 aliphatic rings. The fraction of sp³-hybridized carbons (Fsp3) is 1.00. The summed E-state index contributed by atoms with van der Waals surface area (Å²) in [5, 5.41) is 20.5. The summed E-state index contributed by atoms with van der Waals surface area (Å²) in [6.07, 6.45) is 1.09. The fourth-order valence-electron chi connectivity index (χ4n) is 0.812. The molecule has 0 aromatic heterocycles. The van der Waals surface area contributed by atoms with Gasteiger partial charge in [0.15, 0.2) is 0 Å². The number of rotatable bonds is 8. The normalized spacial score (nSPS) is 11.0. The van der Waals surface area contributed by atoms with E-state index in [1.54, 1.807) is 0 Å². The Bertz CT molecular complexity index is 89.1. The predicted molar refractivity (Wildman–Crippen MR) is 53.6 cm³/mol. The first-order valence-corrected chi connectivity index (χ1v) is 5.53. The lowest BCUT2D eigenvalue weighted by molar-refractivity contribution is 0.171. The van der Waals surface area contributed by atoms with E-state index in [4.69, 9.17) is 10.2 Å². The largest absolute Gasteiger partial charge is 0.395 e. The minimum atomic E-state index is -0.142. The van der Waals surface area contributed by atoms with Crippen molar-refractivity contribution in [3.05, 3.63) is 0 Å². The van der Waals surface area contributed by atoms with Gasteiger partial charge in [-0.3, -0.25) is 0 Å². The van der Waals surface area contributed by atoms with Crippen molar-refractivity contribution >= 4 is 11.8 Å². The maximum Gasteiger partial charge on any atom is 0.0607 e. The molecule has 0 spiro atoms. The molecule has 0 bridgehead atoms. The third-order valence-electron chi connectivity index (χ3n) is 1.54. The quantitative estimate of drug-likeness (QED) is 0.478. The molecule has 12 heavy (non-hydrogen) atoms. The van der Waals surface area contributed by atoms with Crippen LogP contribution in [0.4, 0.5) is 0 Å². The molecule has 0 radical (unpaired) electrons. The fourth-order valence-corrected chi connectivity index (χ4v) is 1.45. The molecular formula is C8H19NO2S. The van der Waals surface area contributed by atoms with E-state index in [0.29, 0.717) is 0 Å². The third-order valence-corrected chi connectivity index (χ3v) is 2.53. The maximum absolute atomic E-state index is 8.70. The molecule has 0 amide bonds. The summed E-state index contributed by atoms with van der Waals surface area (Å²) in [4.78, 5) is 0. The van der Waals surface area contributed by atoms with Crippen molar-refractivity contribution in [3.63, 3.8) is 0 Å². The Morgan fingerprint density at radius 3 is 2.50 bits per heavy atom. The lowest BCUT2D eigenvalue weighted by atomic mass is 10.3. The van der Waals surface area contributed by atoms with Crippen molar-refractivity contribution in [1.82, 2.24) is 5.32 Å². The zero-order valence-electron chi connectivity index (χ0n) is 7.62. The molecule has 0 aromatic rings. The molecule has 74 valence electrons. The zero-order valence-corrected chi connectivity index (χ0v) is 8.44. The molecule has 0 unspecified atom stereocenters. The average molecular weight is 193 g/mol. The maximum atomic E-state index is 8.70. The van der Waals surface area contributed by atoms with Crippen LogP contribution in [0.15, 0.2) is 0 Å². The molecule has 0 rings (SSSR count). The Labute approximate surface area is 78.6 Å². The highest BCUT2D eigenvalue weighted by Crippen LogP contribution is 1.99. The second-order valence-corrected chi connectivity index (χ2v) is 3.96. The lowest BCUT2D eigenvalue weighted by Crippen LogP contribution is -2.36. The van der Waals surface area contributed by atoms with Gasteiger partial charge in [0, 0.05) is 0 Å². The van der Waals surface area contributed by atoms with Crippen molar-refractivity contribution < 1.29 is 10.2 Å². The van der Waals surface area contributed by atoms with Gasteiger partial charge in [-0.25, -0.2) is 0 Å². The molecule has 3 N–H and O–H groups in total. The van der Waals surface area contributed by atoms with E-state index in [9.17, 15) is 0 Å². The SMILES string of the molecule is CCSCCCNC(CO)CO. The summed E-state index contributed by atoms with van der Waals surface area (Å²) in [6, 6.07) is -0.142. The van der Waals surface area contributed by atoms with Gasteiger partial charge in [0.05, 0.1) is 19.3 Å². The molecule has 0 aliphatic heterocycles. The van der Waals surface area contributed by atoms with Crippen LogP contribution in [-0.4, -0.2) is 47.5 Å². The Kier molecular flexibility index (Phi) is 9.50. The van der Waals surface area contributed by atoms with E-state index in [1.165, 1.54) is 0 Å². The molecule has 0 saturated carbocycles. The van der Waals surface area contributed by atoms with Crippen molar-refractivity contribution in [1.29, 1.82) is 0 Å². The molecule has 0 aliphatic carbocycles. The summed E-state index contributed by atoms with van der Waals surface area (Å²) in [5.74, 6) is 2.30. The Hall–Kier alpha value is 0.230. The van der Waals surface area contributed by atoms with Crippen molar-refractivity contribution in [2.24, 2.45) is 0 Å². The number of aliphatic hydroxyl groups excluding tert-OH is 2. The van der Waals surface area contributed by atoms with Crippen LogP contribution in [0.3, 0.4) is 0 Å². The van der Waals surface area contributed by atoms with Gasteiger partial charge in [-0.1, -0.05) is 6.92 Å². The molecular weight excluding hydrogens is 174 g/mol. The molecule has 3 nitrogen and oxygen atoms in total. The number of hydrogen-bond acceptors (Lipinski definition) is 4. The summed E-state index contributed by atoms with van der Waals surface area (Å²) >= 11 is 1.91. The zero-order chi connectivity index (χ0) is 9.23. The second kappa shape index (κ2) is 9.32. The van der Waals surface area contributed by atoms with E-state index in [2.05, 4.69) is 12.2 Å². The van der Waals surface area contributed by atoms with E-state index in [0.717, 1.165) is 24.5 Å². The Morgan fingerprint density at radius 2 is 2.00 bits per heavy atom. The lowest BCUT2D eigenvalue weighted by Gasteiger charge is -2.12. The minimum Gasteiger partial charge on any atom is -0.395 e. The van der Waals surface area contributed by atoms with Crippen molar-refractivity contribution in [3.8, 4) is 0 Å². The van der Waals surface area contributed by atoms with Gasteiger partial charge in [0.1, 0.15) is 0 Å². The summed E-state index contributed by atoms with van der Waals surface area (Å²) in [5.41, 5.74) is 0. The summed E-state index contributed by atoms with van der Waals surface area (Å²) < 4.78 is 0. The van der Waals surface area contributed by atoms with E-state index in [1.807, 2.05) is 11.8 Å². The smallest absolute Gasteiger partial charge is 0.0607 e. The second-order valence-electron chi connectivity index (χ2n) is 2.57. The number of nitrogens with one attached hydrogen (secondary N) is 1. The van der Waals surface area contributed by atoms with Gasteiger partial charge in [-0.2, -0.15) is 11.8 Å². The minimum absolute atomic E-state index is 0.0113. The number of hydrogen-bond donors (Lipinski definition) is 3. The molecule has 0 saturated heterocycles. The summed E-state index contributed by atoms with van der Waals surface area (Å²) in [7, 11) is 0. The van der Waals surface area contributed by atoms with Gasteiger partial charge in [0.25, 0.3) is 0 Å². The first-order valence-electron chi connectivity index (χ1n) is 4.38. The van der Waals surface area contributed by atoms with Crippen LogP contribution < -0.4 is 5.32 Å². The number of thioether (sulfide) groups is 1. The van der Waals surface area contributed by atoms with E-state index in [-0.39, 0.29) is 19.3 Å². The first kappa shape index (κ1) is 12.2. The van der Waals surface area contributed by atoms with Crippen molar-refractivity contribution in [2.45, 2.75) is 19.4 Å². The highest BCUT2D eigenvalue weighted by Gasteiger charge is 2.02. The van der Waals surface area contributed by atoms with Crippen LogP contribution in [0.1, 0.15) is 13.3 Å². The Morgan fingerprint density at radius 1 is 1.33 bits per heavy atom. The molecule has 0 aromatic carbocycles. The van der Waals surface area contributed by atoms with E-state index >= 15 is 0 Å². The van der Waals surface area contributed by atoms with E-state index < -0.39 is 0 Å². The monoisotopic (exact) mass is 193 g/mol. The van der Waals surface area contributed by atoms with Gasteiger partial charge in [-0.15, -0.1) is 0 Å². The van der Waals surface area contributed by atoms with Crippen LogP contribution in [0.2, 0.25) is 0 Å². The number of aliphatic hydroxyl groups is 2. The summed E-state index contributed by atoms with van der Waals surface area (Å²) in [6.45, 7) is 3.04. The van der Waals surface area contributed by atoms with Crippen LogP contribution in [0.25, 0.3) is 0 Å². The first-order chi connectivity index (χ1) is 5.85. The molecule has 4 heteroatoms. The van der Waals surface area contributed by atoms with Crippen LogP contribution >= 0.6 is 11.8 Å². The van der Waals surface area contributed by atoms with Gasteiger partial charge >= 0.3 is 0 Å². The van der Waals surface area contributed by atoms with Crippen molar-refractivity contribution in [2.75, 3.05) is 31.3 Å². The predicted octanol–water partition coefficient (Wildman–Crippen LogP) is 0.0724. The molecule has 0 fully saturated rings. The average Bonchev–Trinajstić information content (AvgIpc) is 2.11. The molecule has 0 atom stereocenters. The Balaban J connectivity index is 3.06. The van der Waals surface area contributed by atoms with Crippen LogP contribution in [0, 0.1) is 0 Å². The van der Waals surface area contributed by atoms with Crippen LogP contribution in [-0.2, 0) is 0 Å². The standard InChI is InChI=1S/C8H19NO2S/c1-2-12-5-3-4-9-8(6-10)7-11/h8-11H,2-7H2,1H3. The topological polar surface area (TPSA) is 52.5 Å². The third kappa shape index (κ3) is 6.91. The molecule has 0 heterocycles.